The van der Waals surface area contributed by atoms with Crippen molar-refractivity contribution in [1.82, 2.24) is 10.3 Å². The maximum absolute atomic E-state index is 8.69. The third kappa shape index (κ3) is 4.43. The molecule has 0 aromatic carbocycles. The van der Waals surface area contributed by atoms with Crippen molar-refractivity contribution in [3.63, 3.8) is 0 Å². The maximum atomic E-state index is 8.69. The van der Waals surface area contributed by atoms with E-state index in [0.717, 1.165) is 31.9 Å². The van der Waals surface area contributed by atoms with Crippen LogP contribution in [0.4, 0.5) is 5.82 Å². The van der Waals surface area contributed by atoms with Crippen LogP contribution in [0, 0.1) is 11.3 Å². The SMILES string of the molecule is CCCNCCNc1cc(C#N)ccn1. The molecule has 0 aliphatic heterocycles. The van der Waals surface area contributed by atoms with Gasteiger partial charge in [-0.3, -0.25) is 0 Å². The van der Waals surface area contributed by atoms with Gasteiger partial charge in [0.25, 0.3) is 0 Å². The normalized spacial score (nSPS) is 9.60. The Kier molecular flexibility index (Phi) is 5.20. The number of nitriles is 1. The molecule has 0 amide bonds. The third-order valence-corrected chi connectivity index (χ3v) is 1.92. The molecule has 1 heterocycles. The molecule has 0 aliphatic rings. The number of hydrogen-bond acceptors (Lipinski definition) is 4. The average molecular weight is 204 g/mol. The fraction of sp³-hybridized carbons (Fsp3) is 0.455. The zero-order valence-electron chi connectivity index (χ0n) is 8.95. The van der Waals surface area contributed by atoms with Crippen molar-refractivity contribution < 1.29 is 0 Å². The quantitative estimate of drug-likeness (QED) is 0.687. The Balaban J connectivity index is 2.28. The van der Waals surface area contributed by atoms with Crippen LogP contribution >= 0.6 is 0 Å². The van der Waals surface area contributed by atoms with Gasteiger partial charge in [-0.25, -0.2) is 4.98 Å². The predicted molar refractivity (Wildman–Crippen MR) is 60.6 cm³/mol. The van der Waals surface area contributed by atoms with Crippen LogP contribution in [0.1, 0.15) is 18.9 Å². The number of anilines is 1. The smallest absolute Gasteiger partial charge is 0.127 e. The summed E-state index contributed by atoms with van der Waals surface area (Å²) in [7, 11) is 0. The number of aromatic nitrogens is 1. The van der Waals surface area contributed by atoms with E-state index >= 15 is 0 Å². The van der Waals surface area contributed by atoms with Crippen LogP contribution in [0.25, 0.3) is 0 Å². The van der Waals surface area contributed by atoms with Gasteiger partial charge in [-0.1, -0.05) is 6.92 Å². The van der Waals surface area contributed by atoms with Crippen molar-refractivity contribution in [2.45, 2.75) is 13.3 Å². The van der Waals surface area contributed by atoms with Crippen molar-refractivity contribution in [1.29, 1.82) is 5.26 Å². The first kappa shape index (κ1) is 11.5. The number of nitrogens with zero attached hydrogens (tertiary/aromatic N) is 2. The van der Waals surface area contributed by atoms with Crippen LogP contribution in [-0.2, 0) is 0 Å². The lowest BCUT2D eigenvalue weighted by Gasteiger charge is -2.06. The largest absolute Gasteiger partial charge is 0.369 e. The second kappa shape index (κ2) is 6.80. The number of nitrogens with one attached hydrogen (secondary N) is 2. The lowest BCUT2D eigenvalue weighted by atomic mass is 10.3. The fourth-order valence-electron chi connectivity index (χ4n) is 1.18. The van der Waals surface area contributed by atoms with Crippen LogP contribution in [-0.4, -0.2) is 24.6 Å². The zero-order valence-corrected chi connectivity index (χ0v) is 8.95. The Morgan fingerprint density at radius 3 is 3.00 bits per heavy atom. The Morgan fingerprint density at radius 1 is 1.40 bits per heavy atom. The summed E-state index contributed by atoms with van der Waals surface area (Å²) in [5.74, 6) is 0.757. The van der Waals surface area contributed by atoms with E-state index in [1.807, 2.05) is 0 Å². The monoisotopic (exact) mass is 204 g/mol. The second-order valence-electron chi connectivity index (χ2n) is 3.22. The lowest BCUT2D eigenvalue weighted by molar-refractivity contribution is 0.687. The Morgan fingerprint density at radius 2 is 2.27 bits per heavy atom. The minimum Gasteiger partial charge on any atom is -0.369 e. The molecule has 1 aromatic rings. The Hall–Kier alpha value is -1.60. The van der Waals surface area contributed by atoms with Crippen molar-refractivity contribution >= 4 is 5.82 Å². The van der Waals surface area contributed by atoms with Crippen LogP contribution in [0.3, 0.4) is 0 Å². The summed E-state index contributed by atoms with van der Waals surface area (Å²) in [4.78, 5) is 4.12. The molecule has 15 heavy (non-hydrogen) atoms. The average Bonchev–Trinajstić information content (AvgIpc) is 2.29. The van der Waals surface area contributed by atoms with Crippen molar-refractivity contribution in [3.05, 3.63) is 23.9 Å². The Labute approximate surface area is 90.3 Å². The molecule has 4 heteroatoms. The molecule has 0 saturated heterocycles. The van der Waals surface area contributed by atoms with E-state index in [-0.39, 0.29) is 0 Å². The molecule has 0 unspecified atom stereocenters. The maximum Gasteiger partial charge on any atom is 0.127 e. The van der Waals surface area contributed by atoms with Crippen molar-refractivity contribution in [2.24, 2.45) is 0 Å². The van der Waals surface area contributed by atoms with E-state index in [4.69, 9.17) is 5.26 Å². The van der Waals surface area contributed by atoms with Gasteiger partial charge in [0, 0.05) is 19.3 Å². The van der Waals surface area contributed by atoms with Crippen LogP contribution in [0.15, 0.2) is 18.3 Å². The van der Waals surface area contributed by atoms with Gasteiger partial charge in [0.2, 0.25) is 0 Å². The number of rotatable bonds is 6. The van der Waals surface area contributed by atoms with E-state index < -0.39 is 0 Å². The van der Waals surface area contributed by atoms with Gasteiger partial charge in [-0.05, 0) is 25.1 Å². The molecule has 0 saturated carbocycles. The summed E-state index contributed by atoms with van der Waals surface area (Å²) >= 11 is 0. The standard InChI is InChI=1S/C11H16N4/c1-2-4-13-6-7-15-11-8-10(9-12)3-5-14-11/h3,5,8,13H,2,4,6-7H2,1H3,(H,14,15). The fourth-order valence-corrected chi connectivity index (χ4v) is 1.18. The topological polar surface area (TPSA) is 60.7 Å². The minimum absolute atomic E-state index is 0.633. The highest BCUT2D eigenvalue weighted by Gasteiger charge is 1.94. The first-order chi connectivity index (χ1) is 7.36. The van der Waals surface area contributed by atoms with Gasteiger partial charge in [-0.2, -0.15) is 5.26 Å². The summed E-state index contributed by atoms with van der Waals surface area (Å²) in [5, 5.41) is 15.1. The highest BCUT2D eigenvalue weighted by Crippen LogP contribution is 2.04. The lowest BCUT2D eigenvalue weighted by Crippen LogP contribution is -2.22. The molecule has 0 atom stereocenters. The molecule has 0 aliphatic carbocycles. The van der Waals surface area contributed by atoms with E-state index in [1.54, 1.807) is 18.3 Å². The summed E-state index contributed by atoms with van der Waals surface area (Å²) < 4.78 is 0. The summed E-state index contributed by atoms with van der Waals surface area (Å²) in [6.45, 7) is 4.90. The zero-order chi connectivity index (χ0) is 10.9. The molecular formula is C11H16N4. The molecule has 0 fully saturated rings. The molecule has 80 valence electrons. The number of hydrogen-bond donors (Lipinski definition) is 2. The van der Waals surface area contributed by atoms with Gasteiger partial charge < -0.3 is 10.6 Å². The molecule has 0 spiro atoms. The van der Waals surface area contributed by atoms with E-state index in [0.29, 0.717) is 5.56 Å². The molecule has 0 bridgehead atoms. The van der Waals surface area contributed by atoms with Gasteiger partial charge in [0.1, 0.15) is 5.82 Å². The molecular weight excluding hydrogens is 188 g/mol. The van der Waals surface area contributed by atoms with E-state index in [1.165, 1.54) is 0 Å². The molecule has 0 radical (unpaired) electrons. The van der Waals surface area contributed by atoms with Gasteiger partial charge in [-0.15, -0.1) is 0 Å². The van der Waals surface area contributed by atoms with Crippen molar-refractivity contribution in [2.75, 3.05) is 25.0 Å². The second-order valence-corrected chi connectivity index (χ2v) is 3.22. The van der Waals surface area contributed by atoms with Gasteiger partial charge in [0.15, 0.2) is 0 Å². The Bertz CT molecular complexity index is 330. The molecule has 2 N–H and O–H groups in total. The van der Waals surface area contributed by atoms with E-state index in [2.05, 4.69) is 28.6 Å². The van der Waals surface area contributed by atoms with E-state index in [9.17, 15) is 0 Å². The first-order valence-electron chi connectivity index (χ1n) is 5.17. The van der Waals surface area contributed by atoms with Crippen LogP contribution in [0.5, 0.6) is 0 Å². The van der Waals surface area contributed by atoms with Gasteiger partial charge in [0.05, 0.1) is 11.6 Å². The summed E-state index contributed by atoms with van der Waals surface area (Å²) in [6, 6.07) is 5.53. The third-order valence-electron chi connectivity index (χ3n) is 1.92. The first-order valence-corrected chi connectivity index (χ1v) is 5.17. The minimum atomic E-state index is 0.633. The summed E-state index contributed by atoms with van der Waals surface area (Å²) in [5.41, 5.74) is 0.633. The molecule has 1 aromatic heterocycles. The highest BCUT2D eigenvalue weighted by molar-refractivity contribution is 5.42. The van der Waals surface area contributed by atoms with Crippen LogP contribution < -0.4 is 10.6 Å². The molecule has 1 rings (SSSR count). The molecule has 4 nitrogen and oxygen atoms in total. The highest BCUT2D eigenvalue weighted by atomic mass is 15.0. The number of pyridine rings is 1. The van der Waals surface area contributed by atoms with Crippen LogP contribution in [0.2, 0.25) is 0 Å². The predicted octanol–water partition coefficient (Wildman–Crippen LogP) is 1.36. The van der Waals surface area contributed by atoms with Gasteiger partial charge >= 0.3 is 0 Å². The summed E-state index contributed by atoms with van der Waals surface area (Å²) in [6.07, 6.45) is 2.78. The van der Waals surface area contributed by atoms with Crippen molar-refractivity contribution in [3.8, 4) is 6.07 Å².